The smallest absolute Gasteiger partial charge is 0.479 e. The van der Waals surface area contributed by atoms with Crippen molar-refractivity contribution in [2.75, 3.05) is 52.1 Å². The van der Waals surface area contributed by atoms with Crippen LogP contribution in [-0.2, 0) is 79.5 Å². The van der Waals surface area contributed by atoms with Crippen molar-refractivity contribution in [2.24, 2.45) is 0 Å². The predicted octanol–water partition coefficient (Wildman–Crippen LogP) is -3.86. The molecule has 2 aromatic carbocycles. The number of carbonyl (C=O) groups excluding carboxylic acids is 6. The van der Waals surface area contributed by atoms with Gasteiger partial charge in [-0.25, -0.2) is 19.4 Å². The molecule has 0 bridgehead atoms. The average molecular weight is 1070 g/mol. The third-order valence-corrected chi connectivity index (χ3v) is 13.7. The first-order chi connectivity index (χ1) is 36.7. The van der Waals surface area contributed by atoms with Crippen LogP contribution in [0.5, 0.6) is 17.2 Å². The molecule has 0 radical (unpaired) electrons. The number of aliphatic carboxylic acids is 1. The van der Waals surface area contributed by atoms with Crippen LogP contribution in [0.3, 0.4) is 0 Å². The lowest BCUT2D eigenvalue weighted by molar-refractivity contribution is -0.271. The summed E-state index contributed by atoms with van der Waals surface area (Å²) in [5, 5.41) is 77.2. The van der Waals surface area contributed by atoms with Crippen molar-refractivity contribution in [3.8, 4) is 28.6 Å². The van der Waals surface area contributed by atoms with E-state index in [0.29, 0.717) is 39.2 Å². The number of aromatic nitrogens is 2. The Kier molecular flexibility index (Phi) is 14.8. The largest absolute Gasteiger partial charge is 0.509 e. The molecule has 6 atom stereocenters. The molecule has 4 aromatic rings. The minimum atomic E-state index is -2.30. The average Bonchev–Trinajstić information content (AvgIpc) is 4.33. The van der Waals surface area contributed by atoms with Gasteiger partial charge in [0, 0.05) is 61.3 Å². The monoisotopic (exact) mass is 1070 g/mol. The fraction of sp³-hybridized carbons (Fsp3) is 0.396. The Morgan fingerprint density at radius 2 is 1.62 bits per heavy atom. The number of carboxylic acid groups (broad SMARTS) is 1. The zero-order chi connectivity index (χ0) is 55.2. The zero-order valence-corrected chi connectivity index (χ0v) is 40.8. The van der Waals surface area contributed by atoms with E-state index in [1.165, 1.54) is 43.7 Å². The minimum Gasteiger partial charge on any atom is -0.479 e. The van der Waals surface area contributed by atoms with Gasteiger partial charge in [-0.05, 0) is 35.4 Å². The van der Waals surface area contributed by atoms with Crippen LogP contribution in [0.1, 0.15) is 34.2 Å². The molecule has 5 aliphatic heterocycles. The van der Waals surface area contributed by atoms with Crippen molar-refractivity contribution in [3.63, 3.8) is 0 Å². The van der Waals surface area contributed by atoms with Gasteiger partial charge in [0.05, 0.1) is 66.6 Å². The van der Waals surface area contributed by atoms with Gasteiger partial charge in [-0.3, -0.25) is 28.9 Å². The fourth-order valence-corrected chi connectivity index (χ4v) is 9.21. The van der Waals surface area contributed by atoms with E-state index in [1.807, 2.05) is 0 Å². The molecule has 5 aliphatic rings. The molecule has 2 aromatic heterocycles. The van der Waals surface area contributed by atoms with E-state index in [-0.39, 0.29) is 66.7 Å². The number of nitrogens with zero attached hydrogens (tertiary/aromatic N) is 4. The lowest BCUT2D eigenvalue weighted by atomic mass is 9.72. The summed E-state index contributed by atoms with van der Waals surface area (Å²) in [6.07, 6.45) is -9.85. The number of pyridine rings is 2. The van der Waals surface area contributed by atoms with Gasteiger partial charge in [0.25, 0.3) is 17.4 Å². The third kappa shape index (κ3) is 10.1. The molecular formula is C48H49BN6O22. The number of rotatable bonds is 18. The number of hydrogen-bond donors (Lipinski definition) is 9. The summed E-state index contributed by atoms with van der Waals surface area (Å²) in [7, 11) is 2.46. The quantitative estimate of drug-likeness (QED) is 0.0230. The summed E-state index contributed by atoms with van der Waals surface area (Å²) in [6.45, 7) is -4.06. The highest BCUT2D eigenvalue weighted by molar-refractivity contribution is 6.27. The number of esters is 1. The van der Waals surface area contributed by atoms with E-state index in [4.69, 9.17) is 38.1 Å². The molecule has 9 rings (SSSR count). The van der Waals surface area contributed by atoms with Gasteiger partial charge in [0.2, 0.25) is 24.9 Å². The van der Waals surface area contributed by atoms with Crippen molar-refractivity contribution in [1.29, 1.82) is 0 Å². The maximum Gasteiger partial charge on any atom is 0.509 e. The standard InChI is InChI=1S/C48H49BN6O22/c1-53(34(60)6-7-54-35(61)4-5-36(54)62)14-33(59)51-28-8-21(2-3-30(28)75-44-40(65)38(63)39(64)41(76-44)43(67)68)15-72-46(70)77-48(49)26-10-29-37-24(13-55(29)42(66)25(26)16-71-45(48)69)23(12-50-47(17-56,18-57)19-58)22-9-31-32(74-20-73-31)11-27(22)52-37/h2-5,8-11,38-41,44,50,56-58,63-65H,6-7,12-20,49H2,1H3,(H,51,59)(H,67,68)/t38?,39?,40?,41?,44?,48-/m0/s1. The number of hydrogen-bond acceptors (Lipinski definition) is 23. The summed E-state index contributed by atoms with van der Waals surface area (Å²) in [5.41, 5.74) is -2.67. The molecular weight excluding hydrogens is 1020 g/mol. The van der Waals surface area contributed by atoms with Crippen molar-refractivity contribution in [3.05, 3.63) is 86.7 Å². The molecule has 1 fully saturated rings. The number of cyclic esters (lactones) is 1. The SMILES string of the molecule is B[C@@]1(OC(=O)OCc2ccc(OC3OC(C(=O)O)C(O)C(O)C3O)c(NC(=O)CN(C)C(=O)CCN3C(=O)C=CC3=O)c2)C(=O)OCc2c1cc1n(c2=O)Cc2c-1nc1cc3c(cc1c2CNC(CO)(CO)CO)OCO3. The molecule has 406 valence electrons. The molecule has 0 aliphatic carbocycles. The number of aliphatic hydroxyl groups is 6. The van der Waals surface area contributed by atoms with Crippen LogP contribution in [-0.4, -0.2) is 188 Å². The Morgan fingerprint density at radius 3 is 2.31 bits per heavy atom. The summed E-state index contributed by atoms with van der Waals surface area (Å²) >= 11 is 0. The molecule has 28 nitrogen and oxygen atoms in total. The first-order valence-electron chi connectivity index (χ1n) is 23.6. The maximum absolute atomic E-state index is 14.4. The number of amides is 4. The number of likely N-dealkylation sites (N-methyl/N-ethyl adjacent to an activating group) is 1. The van der Waals surface area contributed by atoms with Crippen LogP contribution >= 0.6 is 0 Å². The van der Waals surface area contributed by atoms with E-state index < -0.39 is 129 Å². The van der Waals surface area contributed by atoms with Gasteiger partial charge in [0.1, 0.15) is 37.3 Å². The molecule has 0 spiro atoms. The molecule has 29 heteroatoms. The van der Waals surface area contributed by atoms with Gasteiger partial charge < -0.3 is 89.0 Å². The van der Waals surface area contributed by atoms with E-state index in [1.54, 1.807) is 12.1 Å². The van der Waals surface area contributed by atoms with Crippen molar-refractivity contribution < 1.29 is 102 Å². The highest BCUT2D eigenvalue weighted by Gasteiger charge is 2.50. The van der Waals surface area contributed by atoms with E-state index in [2.05, 4.69) is 10.6 Å². The zero-order valence-electron chi connectivity index (χ0n) is 40.8. The van der Waals surface area contributed by atoms with E-state index in [0.717, 1.165) is 22.0 Å². The molecule has 9 N–H and O–H groups in total. The second-order valence-corrected chi connectivity index (χ2v) is 18.7. The highest BCUT2D eigenvalue weighted by atomic mass is 16.7. The number of carbonyl (C=O) groups is 7. The maximum atomic E-state index is 14.4. The Labute approximate surface area is 434 Å². The number of ether oxygens (including phenoxy) is 7. The molecule has 4 amide bonds. The first kappa shape index (κ1) is 53.8. The second kappa shape index (κ2) is 21.2. The second-order valence-electron chi connectivity index (χ2n) is 18.7. The van der Waals surface area contributed by atoms with Gasteiger partial charge in [-0.2, -0.15) is 0 Å². The number of imide groups is 1. The lowest BCUT2D eigenvalue weighted by Crippen LogP contribution is -2.61. The number of aliphatic hydroxyl groups excluding tert-OH is 6. The van der Waals surface area contributed by atoms with Gasteiger partial charge in [-0.1, -0.05) is 6.07 Å². The minimum absolute atomic E-state index is 0.0394. The fourth-order valence-electron chi connectivity index (χ4n) is 9.21. The van der Waals surface area contributed by atoms with Gasteiger partial charge in [0.15, 0.2) is 30.9 Å². The first-order valence-corrected chi connectivity index (χ1v) is 23.6. The molecule has 77 heavy (non-hydrogen) atoms. The summed E-state index contributed by atoms with van der Waals surface area (Å²) in [5.74, 6) is -5.03. The van der Waals surface area contributed by atoms with Gasteiger partial charge in [-0.15, -0.1) is 0 Å². The number of nitrogens with one attached hydrogen (secondary N) is 2. The third-order valence-electron chi connectivity index (χ3n) is 13.7. The van der Waals surface area contributed by atoms with E-state index >= 15 is 0 Å². The van der Waals surface area contributed by atoms with Gasteiger partial charge >= 0.3 is 18.1 Å². The Balaban J connectivity index is 0.962. The van der Waals surface area contributed by atoms with Crippen LogP contribution in [0.15, 0.2) is 53.3 Å². The van der Waals surface area contributed by atoms with E-state index in [9.17, 15) is 74.1 Å². The normalized spacial score (nSPS) is 22.0. The summed E-state index contributed by atoms with van der Waals surface area (Å²) in [4.78, 5) is 111. The van der Waals surface area contributed by atoms with Crippen LogP contribution in [0, 0.1) is 0 Å². The Hall–Kier alpha value is -8.03. The molecule has 5 unspecified atom stereocenters. The van der Waals surface area contributed by atoms with Crippen LogP contribution in [0.4, 0.5) is 10.5 Å². The number of benzene rings is 2. The molecule has 1 saturated heterocycles. The van der Waals surface area contributed by atoms with Crippen molar-refractivity contribution in [2.45, 2.75) is 74.5 Å². The van der Waals surface area contributed by atoms with Crippen molar-refractivity contribution in [1.82, 2.24) is 24.7 Å². The number of fused-ring (bicyclic) bond motifs is 6. The topological polar surface area (TPSA) is 391 Å². The number of carboxylic acids is 1. The number of anilines is 1. The Bertz CT molecular complexity index is 3190. The van der Waals surface area contributed by atoms with Crippen LogP contribution < -0.4 is 30.4 Å². The van der Waals surface area contributed by atoms with Crippen molar-refractivity contribution >= 4 is 66.2 Å². The van der Waals surface area contributed by atoms with Crippen LogP contribution in [0.2, 0.25) is 0 Å². The Morgan fingerprint density at radius 1 is 0.922 bits per heavy atom. The molecule has 0 saturated carbocycles. The lowest BCUT2D eigenvalue weighted by Gasteiger charge is -2.38. The van der Waals surface area contributed by atoms with Crippen LogP contribution in [0.25, 0.3) is 22.3 Å². The highest BCUT2D eigenvalue weighted by Crippen LogP contribution is 2.43. The summed E-state index contributed by atoms with van der Waals surface area (Å²) < 4.78 is 40.1. The molecule has 7 heterocycles. The predicted molar refractivity (Wildman–Crippen MR) is 257 cm³/mol. The summed E-state index contributed by atoms with van der Waals surface area (Å²) in [6, 6.07) is 8.47.